The van der Waals surface area contributed by atoms with Crippen molar-refractivity contribution >= 4 is 17.5 Å². The summed E-state index contributed by atoms with van der Waals surface area (Å²) >= 11 is 0. The Morgan fingerprint density at radius 2 is 1.62 bits per heavy atom. The molecule has 0 aliphatic carbocycles. The van der Waals surface area contributed by atoms with E-state index in [1.54, 1.807) is 12.1 Å². The Morgan fingerprint density at radius 3 is 2.38 bits per heavy atom. The van der Waals surface area contributed by atoms with Gasteiger partial charge in [-0.1, -0.05) is 30.3 Å². The number of benzene rings is 2. The minimum atomic E-state index is -0.167. The summed E-state index contributed by atoms with van der Waals surface area (Å²) in [5.74, 6) is 0.557. The van der Waals surface area contributed by atoms with Gasteiger partial charge in [0.05, 0.1) is 24.3 Å². The maximum absolute atomic E-state index is 12.8. The zero-order chi connectivity index (χ0) is 18.2. The topological polar surface area (TPSA) is 58.6 Å². The molecule has 0 saturated carbocycles. The molecule has 2 aromatic carbocycles. The lowest BCUT2D eigenvalue weighted by atomic mass is 10.1. The van der Waals surface area contributed by atoms with Crippen LogP contribution >= 0.6 is 0 Å². The first kappa shape index (κ1) is 18.0. The molecule has 0 unspecified atom stereocenters. The molecular weight excluding hydrogens is 328 g/mol. The van der Waals surface area contributed by atoms with E-state index >= 15 is 0 Å². The van der Waals surface area contributed by atoms with Crippen LogP contribution in [0.5, 0.6) is 5.75 Å². The van der Waals surface area contributed by atoms with Crippen LogP contribution in [-0.4, -0.2) is 36.4 Å². The van der Waals surface area contributed by atoms with Gasteiger partial charge in [0.1, 0.15) is 5.75 Å². The molecule has 5 heteroatoms. The average Bonchev–Trinajstić information content (AvgIpc) is 2.69. The number of nitrogens with zero attached hydrogens (tertiary/aromatic N) is 1. The van der Waals surface area contributed by atoms with Gasteiger partial charge in [-0.05, 0) is 43.5 Å². The van der Waals surface area contributed by atoms with E-state index in [0.29, 0.717) is 11.3 Å². The summed E-state index contributed by atoms with van der Waals surface area (Å²) in [6.45, 7) is 1.86. The van der Waals surface area contributed by atoms with E-state index in [2.05, 4.69) is 5.32 Å². The summed E-state index contributed by atoms with van der Waals surface area (Å²) < 4.78 is 5.55. The fourth-order valence-corrected chi connectivity index (χ4v) is 3.04. The largest absolute Gasteiger partial charge is 0.493 e. The molecule has 2 amide bonds. The maximum atomic E-state index is 12.8. The predicted molar refractivity (Wildman–Crippen MR) is 101 cm³/mol. The van der Waals surface area contributed by atoms with Crippen LogP contribution in [0.3, 0.4) is 0 Å². The molecule has 1 heterocycles. The van der Waals surface area contributed by atoms with E-state index in [9.17, 15) is 9.59 Å². The Hall–Kier alpha value is -2.82. The summed E-state index contributed by atoms with van der Waals surface area (Å²) in [5, 5.41) is 2.85. The van der Waals surface area contributed by atoms with Gasteiger partial charge in [-0.3, -0.25) is 9.59 Å². The van der Waals surface area contributed by atoms with Gasteiger partial charge in [0.25, 0.3) is 5.91 Å². The first-order valence-corrected chi connectivity index (χ1v) is 9.10. The highest BCUT2D eigenvalue weighted by atomic mass is 16.5. The normalized spacial score (nSPS) is 13.9. The predicted octanol–water partition coefficient (Wildman–Crippen LogP) is 3.72. The number of hydrogen-bond acceptors (Lipinski definition) is 3. The first-order chi connectivity index (χ1) is 12.7. The Balaban J connectivity index is 1.57. The Kier molecular flexibility index (Phi) is 6.25. The highest BCUT2D eigenvalue weighted by Crippen LogP contribution is 2.20. The number of nitrogens with one attached hydrogen (secondary N) is 1. The van der Waals surface area contributed by atoms with Crippen LogP contribution < -0.4 is 10.1 Å². The number of para-hydroxylation sites is 2. The number of carbonyl (C=O) groups is 2. The fourth-order valence-electron chi connectivity index (χ4n) is 3.04. The Morgan fingerprint density at radius 1 is 0.923 bits per heavy atom. The molecule has 1 aliphatic heterocycles. The van der Waals surface area contributed by atoms with E-state index in [1.807, 2.05) is 47.4 Å². The van der Waals surface area contributed by atoms with Gasteiger partial charge < -0.3 is 15.0 Å². The number of amides is 2. The third-order valence-electron chi connectivity index (χ3n) is 4.42. The molecule has 3 rings (SSSR count). The summed E-state index contributed by atoms with van der Waals surface area (Å²) in [5.41, 5.74) is 1.11. The second-order valence-corrected chi connectivity index (χ2v) is 6.36. The van der Waals surface area contributed by atoms with Crippen LogP contribution in [0, 0.1) is 0 Å². The first-order valence-electron chi connectivity index (χ1n) is 9.10. The minimum Gasteiger partial charge on any atom is -0.493 e. The van der Waals surface area contributed by atoms with Gasteiger partial charge in [-0.15, -0.1) is 0 Å². The lowest BCUT2D eigenvalue weighted by Gasteiger charge is -2.27. The molecule has 0 atom stereocenters. The summed E-state index contributed by atoms with van der Waals surface area (Å²) in [7, 11) is 0. The van der Waals surface area contributed by atoms with Gasteiger partial charge in [0, 0.05) is 13.1 Å². The number of rotatable bonds is 6. The van der Waals surface area contributed by atoms with Gasteiger partial charge in [0.2, 0.25) is 5.91 Å². The lowest BCUT2D eigenvalue weighted by Crippen LogP contribution is -2.36. The van der Waals surface area contributed by atoms with Crippen molar-refractivity contribution in [1.29, 1.82) is 0 Å². The molecule has 1 aliphatic rings. The third kappa shape index (κ3) is 4.85. The molecule has 136 valence electrons. The van der Waals surface area contributed by atoms with Crippen molar-refractivity contribution in [2.45, 2.75) is 25.7 Å². The van der Waals surface area contributed by atoms with E-state index in [0.717, 1.165) is 31.7 Å². The number of piperidine rings is 1. The highest BCUT2D eigenvalue weighted by molar-refractivity contribution is 6.03. The molecule has 0 radical (unpaired) electrons. The molecule has 0 aromatic heterocycles. The Bertz CT molecular complexity index is 740. The smallest absolute Gasteiger partial charge is 0.255 e. The lowest BCUT2D eigenvalue weighted by molar-refractivity contribution is -0.116. The number of anilines is 1. The van der Waals surface area contributed by atoms with E-state index in [-0.39, 0.29) is 24.8 Å². The molecule has 1 N–H and O–H groups in total. The van der Waals surface area contributed by atoms with Crippen LogP contribution in [0.1, 0.15) is 36.0 Å². The molecule has 2 aromatic rings. The van der Waals surface area contributed by atoms with Crippen LogP contribution in [0.15, 0.2) is 54.6 Å². The summed E-state index contributed by atoms with van der Waals surface area (Å²) in [6.07, 6.45) is 3.47. The van der Waals surface area contributed by atoms with E-state index in [1.165, 1.54) is 6.42 Å². The average molecular weight is 352 g/mol. The number of carbonyl (C=O) groups excluding carboxylic acids is 2. The van der Waals surface area contributed by atoms with Crippen molar-refractivity contribution in [1.82, 2.24) is 4.90 Å². The second kappa shape index (κ2) is 9.04. The SMILES string of the molecule is O=C(CCOc1ccccc1)Nc1ccccc1C(=O)N1CCCCC1. The van der Waals surface area contributed by atoms with Crippen LogP contribution in [0.4, 0.5) is 5.69 Å². The van der Waals surface area contributed by atoms with Crippen molar-refractivity contribution < 1.29 is 14.3 Å². The van der Waals surface area contributed by atoms with Gasteiger partial charge in [-0.2, -0.15) is 0 Å². The zero-order valence-electron chi connectivity index (χ0n) is 14.8. The van der Waals surface area contributed by atoms with Crippen molar-refractivity contribution in [2.24, 2.45) is 0 Å². The highest BCUT2D eigenvalue weighted by Gasteiger charge is 2.21. The van der Waals surface area contributed by atoms with E-state index < -0.39 is 0 Å². The maximum Gasteiger partial charge on any atom is 0.255 e. The van der Waals surface area contributed by atoms with E-state index in [4.69, 9.17) is 4.74 Å². The van der Waals surface area contributed by atoms with Crippen LogP contribution in [0.2, 0.25) is 0 Å². The molecule has 0 spiro atoms. The van der Waals surface area contributed by atoms with Crippen molar-refractivity contribution in [3.05, 3.63) is 60.2 Å². The Labute approximate surface area is 154 Å². The number of likely N-dealkylation sites (tertiary alicyclic amines) is 1. The van der Waals surface area contributed by atoms with Crippen LogP contribution in [-0.2, 0) is 4.79 Å². The van der Waals surface area contributed by atoms with Crippen molar-refractivity contribution in [2.75, 3.05) is 25.0 Å². The molecule has 0 bridgehead atoms. The summed E-state index contributed by atoms with van der Waals surface area (Å²) in [4.78, 5) is 26.9. The number of ether oxygens (including phenoxy) is 1. The van der Waals surface area contributed by atoms with Gasteiger partial charge in [-0.25, -0.2) is 0 Å². The molecule has 1 fully saturated rings. The van der Waals surface area contributed by atoms with Crippen molar-refractivity contribution in [3.8, 4) is 5.75 Å². The van der Waals surface area contributed by atoms with Gasteiger partial charge in [0.15, 0.2) is 0 Å². The molecule has 26 heavy (non-hydrogen) atoms. The van der Waals surface area contributed by atoms with Crippen LogP contribution in [0.25, 0.3) is 0 Å². The number of hydrogen-bond donors (Lipinski definition) is 1. The summed E-state index contributed by atoms with van der Waals surface area (Å²) in [6, 6.07) is 16.6. The standard InChI is InChI=1S/C21H24N2O3/c24-20(13-16-26-17-9-3-1-4-10-17)22-19-12-6-5-11-18(19)21(25)23-14-7-2-8-15-23/h1,3-6,9-12H,2,7-8,13-16H2,(H,22,24). The third-order valence-corrected chi connectivity index (χ3v) is 4.42. The minimum absolute atomic E-state index is 0.0128. The molecule has 5 nitrogen and oxygen atoms in total. The molecule has 1 saturated heterocycles. The zero-order valence-corrected chi connectivity index (χ0v) is 14.8. The van der Waals surface area contributed by atoms with Crippen molar-refractivity contribution in [3.63, 3.8) is 0 Å². The molecular formula is C21H24N2O3. The fraction of sp³-hybridized carbons (Fsp3) is 0.333. The quantitative estimate of drug-likeness (QED) is 0.862. The van der Waals surface area contributed by atoms with Gasteiger partial charge >= 0.3 is 0 Å². The monoisotopic (exact) mass is 352 g/mol. The second-order valence-electron chi connectivity index (χ2n) is 6.36.